The molecule has 0 bridgehead atoms. The van der Waals surface area contributed by atoms with E-state index in [9.17, 15) is 0 Å². The molecule has 44 heavy (non-hydrogen) atoms. The Bertz CT molecular complexity index is 814. The Morgan fingerprint density at radius 3 is 1.32 bits per heavy atom. The lowest BCUT2D eigenvalue weighted by atomic mass is 9.84. The lowest BCUT2D eigenvalue weighted by Crippen LogP contribution is -2.21. The third kappa shape index (κ3) is 20.5. The maximum Gasteiger partial charge on any atom is 0.0948 e. The van der Waals surface area contributed by atoms with E-state index in [2.05, 4.69) is 66.3 Å². The number of unbranched alkanes of at least 4 members (excludes halogenated alkanes) is 24. The van der Waals surface area contributed by atoms with Crippen LogP contribution in [0.15, 0.2) is 49.1 Å². The Morgan fingerprint density at radius 2 is 0.909 bits per heavy atom. The summed E-state index contributed by atoms with van der Waals surface area (Å²) < 4.78 is 2.45. The van der Waals surface area contributed by atoms with Crippen molar-refractivity contribution in [3.8, 4) is 0 Å². The third-order valence-corrected chi connectivity index (χ3v) is 10.1. The van der Waals surface area contributed by atoms with Gasteiger partial charge in [0.05, 0.1) is 6.33 Å². The number of hydrogen-bond donors (Lipinski definition) is 0. The van der Waals surface area contributed by atoms with E-state index in [0.29, 0.717) is 12.0 Å². The molecule has 0 spiro atoms. The zero-order chi connectivity index (χ0) is 31.2. The van der Waals surface area contributed by atoms with E-state index >= 15 is 0 Å². The molecule has 1 heterocycles. The van der Waals surface area contributed by atoms with Gasteiger partial charge in [-0.2, -0.15) is 0 Å². The summed E-state index contributed by atoms with van der Waals surface area (Å²) in [5, 5.41) is 0. The van der Waals surface area contributed by atoms with Crippen molar-refractivity contribution in [3.63, 3.8) is 0 Å². The highest BCUT2D eigenvalue weighted by Crippen LogP contribution is 2.32. The highest BCUT2D eigenvalue weighted by atomic mass is 15.1. The van der Waals surface area contributed by atoms with Gasteiger partial charge in [0, 0.05) is 18.4 Å². The van der Waals surface area contributed by atoms with Crippen molar-refractivity contribution in [1.29, 1.82) is 0 Å². The molecule has 0 N–H and O–H groups in total. The maximum absolute atomic E-state index is 4.47. The van der Waals surface area contributed by atoms with Crippen molar-refractivity contribution in [3.05, 3.63) is 54.6 Å². The second kappa shape index (κ2) is 28.9. The van der Waals surface area contributed by atoms with Crippen molar-refractivity contribution < 1.29 is 0 Å². The molecule has 2 aromatic rings. The Morgan fingerprint density at radius 1 is 0.500 bits per heavy atom. The first kappa shape index (κ1) is 38.6. The van der Waals surface area contributed by atoms with Crippen LogP contribution in [0, 0.1) is 5.92 Å². The molecule has 1 aromatic heterocycles. The molecule has 0 saturated heterocycles. The van der Waals surface area contributed by atoms with Crippen LogP contribution in [0.2, 0.25) is 0 Å². The van der Waals surface area contributed by atoms with Crippen molar-refractivity contribution in [1.82, 2.24) is 9.55 Å². The average molecular weight is 607 g/mol. The lowest BCUT2D eigenvalue weighted by molar-refractivity contribution is 0.275. The van der Waals surface area contributed by atoms with Crippen molar-refractivity contribution in [2.24, 2.45) is 5.92 Å². The summed E-state index contributed by atoms with van der Waals surface area (Å²) in [6, 6.07) is 11.8. The second-order valence-electron chi connectivity index (χ2n) is 14.1. The first-order chi connectivity index (χ1) is 21.8. The van der Waals surface area contributed by atoms with Crippen LogP contribution < -0.4 is 0 Å². The van der Waals surface area contributed by atoms with Crippen molar-refractivity contribution in [2.75, 3.05) is 0 Å². The molecule has 0 aliphatic rings. The highest BCUT2D eigenvalue weighted by Gasteiger charge is 2.23. The summed E-state index contributed by atoms with van der Waals surface area (Å²) >= 11 is 0. The molecule has 0 aliphatic carbocycles. The van der Waals surface area contributed by atoms with Gasteiger partial charge in [-0.05, 0) is 30.7 Å². The first-order valence-electron chi connectivity index (χ1n) is 19.9. The van der Waals surface area contributed by atoms with Gasteiger partial charge in [-0.1, -0.05) is 211 Å². The monoisotopic (exact) mass is 607 g/mol. The number of aromatic nitrogens is 2. The van der Waals surface area contributed by atoms with E-state index in [-0.39, 0.29) is 0 Å². The topological polar surface area (TPSA) is 17.8 Å². The number of nitrogens with zero attached hydrogens (tertiary/aromatic N) is 2. The zero-order valence-electron chi connectivity index (χ0n) is 29.7. The van der Waals surface area contributed by atoms with Gasteiger partial charge in [0.1, 0.15) is 0 Å². The first-order valence-corrected chi connectivity index (χ1v) is 19.9. The van der Waals surface area contributed by atoms with Crippen molar-refractivity contribution in [2.45, 2.75) is 206 Å². The third-order valence-electron chi connectivity index (χ3n) is 10.1. The molecular formula is C42H74N2. The number of hydrogen-bond acceptors (Lipinski definition) is 1. The summed E-state index contributed by atoms with van der Waals surface area (Å²) in [7, 11) is 0. The van der Waals surface area contributed by atoms with E-state index in [0.717, 1.165) is 0 Å². The predicted octanol–water partition coefficient (Wildman–Crippen LogP) is 14.2. The minimum absolute atomic E-state index is 0.572. The molecule has 0 saturated carbocycles. The van der Waals surface area contributed by atoms with Crippen LogP contribution in [0.5, 0.6) is 0 Å². The van der Waals surface area contributed by atoms with E-state index in [1.807, 2.05) is 6.20 Å². The van der Waals surface area contributed by atoms with E-state index in [1.54, 1.807) is 0 Å². The Balaban J connectivity index is 1.66. The van der Waals surface area contributed by atoms with Crippen LogP contribution in [0.4, 0.5) is 0 Å². The van der Waals surface area contributed by atoms with Gasteiger partial charge >= 0.3 is 0 Å². The summed E-state index contributed by atoms with van der Waals surface area (Å²) in [5.41, 5.74) is 1.50. The van der Waals surface area contributed by atoms with Crippen LogP contribution in [0.3, 0.4) is 0 Å². The van der Waals surface area contributed by atoms with Gasteiger partial charge in [0.2, 0.25) is 0 Å². The predicted molar refractivity (Wildman–Crippen MR) is 196 cm³/mol. The molecule has 0 amide bonds. The van der Waals surface area contributed by atoms with Gasteiger partial charge in [0.25, 0.3) is 0 Å². The second-order valence-corrected chi connectivity index (χ2v) is 14.1. The van der Waals surface area contributed by atoms with Gasteiger partial charge in [-0.25, -0.2) is 4.98 Å². The largest absolute Gasteiger partial charge is 0.334 e. The number of rotatable bonds is 32. The molecule has 0 fully saturated rings. The lowest BCUT2D eigenvalue weighted by Gasteiger charge is -2.29. The Labute approximate surface area is 275 Å². The quantitative estimate of drug-likeness (QED) is 0.0757. The van der Waals surface area contributed by atoms with Gasteiger partial charge in [0.15, 0.2) is 0 Å². The van der Waals surface area contributed by atoms with Crippen LogP contribution in [-0.4, -0.2) is 9.55 Å². The number of imidazole rings is 1. The highest BCUT2D eigenvalue weighted by molar-refractivity contribution is 5.15. The fourth-order valence-electron chi connectivity index (χ4n) is 7.24. The Hall–Kier alpha value is -1.57. The smallest absolute Gasteiger partial charge is 0.0948 e. The molecule has 2 rings (SSSR count). The molecule has 252 valence electrons. The molecule has 2 unspecified atom stereocenters. The maximum atomic E-state index is 4.47. The summed E-state index contributed by atoms with van der Waals surface area (Å²) in [4.78, 5) is 4.47. The SMILES string of the molecule is CCCCCCCCCCCCCCCCCCC(Cc1ccccc1)C(CCCCCCCCCCCC)n1ccnc1. The summed E-state index contributed by atoms with van der Waals surface area (Å²) in [6.07, 6.45) is 47.3. The zero-order valence-corrected chi connectivity index (χ0v) is 29.7. The van der Waals surface area contributed by atoms with E-state index in [1.165, 1.54) is 192 Å². The van der Waals surface area contributed by atoms with E-state index in [4.69, 9.17) is 0 Å². The Kier molecular flexibility index (Phi) is 25.3. The summed E-state index contributed by atoms with van der Waals surface area (Å²) in [6.45, 7) is 4.62. The van der Waals surface area contributed by atoms with Crippen LogP contribution in [0.25, 0.3) is 0 Å². The molecule has 2 heteroatoms. The van der Waals surface area contributed by atoms with Gasteiger partial charge in [-0.15, -0.1) is 0 Å². The molecule has 0 aliphatic heterocycles. The van der Waals surface area contributed by atoms with Crippen LogP contribution >= 0.6 is 0 Å². The molecule has 0 radical (unpaired) electrons. The molecule has 2 nitrogen and oxygen atoms in total. The fourth-order valence-corrected chi connectivity index (χ4v) is 7.24. The summed E-state index contributed by atoms with van der Waals surface area (Å²) in [5.74, 6) is 0.691. The number of benzene rings is 1. The normalized spacial score (nSPS) is 13.0. The molecule has 1 aromatic carbocycles. The van der Waals surface area contributed by atoms with Crippen LogP contribution in [-0.2, 0) is 6.42 Å². The van der Waals surface area contributed by atoms with Crippen LogP contribution in [0.1, 0.15) is 205 Å². The minimum atomic E-state index is 0.572. The minimum Gasteiger partial charge on any atom is -0.334 e. The molecule has 2 atom stereocenters. The standard InChI is InChI=1S/C42H74N2/c1-3-5-7-9-11-13-15-16-17-18-19-20-21-23-25-30-34-41(38-40-32-28-27-29-33-40)42(44-37-36-43-39-44)35-31-26-24-22-14-12-10-8-6-4-2/h27-29,32-33,36-37,39,41-42H,3-26,30-31,34-35,38H2,1-2H3. The van der Waals surface area contributed by atoms with E-state index < -0.39 is 0 Å². The van der Waals surface area contributed by atoms with Gasteiger partial charge in [-0.3, -0.25) is 0 Å². The molecular weight excluding hydrogens is 532 g/mol. The fraction of sp³-hybridized carbons (Fsp3) is 0.786. The average Bonchev–Trinajstić information content (AvgIpc) is 3.58. The van der Waals surface area contributed by atoms with Crippen molar-refractivity contribution >= 4 is 0 Å². The van der Waals surface area contributed by atoms with Gasteiger partial charge < -0.3 is 4.57 Å².